The summed E-state index contributed by atoms with van der Waals surface area (Å²) in [6, 6.07) is 6.14. The third-order valence-corrected chi connectivity index (χ3v) is 5.08. The fraction of sp³-hybridized carbons (Fsp3) is 0.286. The van der Waals surface area contributed by atoms with Crippen LogP contribution in [-0.4, -0.2) is 54.2 Å². The minimum absolute atomic E-state index is 0.0148. The summed E-state index contributed by atoms with van der Waals surface area (Å²) in [4.78, 5) is 32.9. The first-order chi connectivity index (χ1) is 16.3. The van der Waals surface area contributed by atoms with E-state index < -0.39 is 17.6 Å². The number of hydroxylamine groups is 2. The highest BCUT2D eigenvalue weighted by atomic mass is 35.5. The molecule has 0 saturated carbocycles. The van der Waals surface area contributed by atoms with Gasteiger partial charge in [0, 0.05) is 20.1 Å². The minimum Gasteiger partial charge on any atom is -0.379 e. The molecule has 0 aliphatic heterocycles. The van der Waals surface area contributed by atoms with Gasteiger partial charge in [0.25, 0.3) is 5.91 Å². The lowest BCUT2D eigenvalue weighted by Crippen LogP contribution is -2.27. The van der Waals surface area contributed by atoms with Gasteiger partial charge in [-0.15, -0.1) is 0 Å². The summed E-state index contributed by atoms with van der Waals surface area (Å²) in [6.07, 6.45) is 1.96. The molecule has 3 rings (SSSR count). The number of nitrogens with one attached hydrogen (secondary N) is 3. The molecular weight excluding hydrogens is 468 g/mol. The molecule has 178 valence electrons. The summed E-state index contributed by atoms with van der Waals surface area (Å²) >= 11 is 6.21. The molecule has 1 aromatic heterocycles. The lowest BCUT2D eigenvalue weighted by atomic mass is 9.96. The molecule has 1 heterocycles. The highest BCUT2D eigenvalue weighted by molar-refractivity contribution is 6.37. The maximum Gasteiger partial charge on any atom is 0.277 e. The standard InChI is InChI=1S/C21H22BClFN5O5/c1-29-11-25-20-16(29)10-13(19(18(20)24)26-15-5-4-12(22)9-14(15)23)21(31)28-34-8-7-33-6-2-3-17(30)27-32/h4-5,9-11,26,32H,2-3,6-8H2,1H3,(H,27,30)(H,28,31). The fourth-order valence-corrected chi connectivity index (χ4v) is 3.29. The van der Waals surface area contributed by atoms with Crippen molar-refractivity contribution in [1.29, 1.82) is 0 Å². The van der Waals surface area contributed by atoms with Crippen LogP contribution in [0.3, 0.4) is 0 Å². The van der Waals surface area contributed by atoms with E-state index in [1.54, 1.807) is 23.7 Å². The third-order valence-electron chi connectivity index (χ3n) is 4.77. The van der Waals surface area contributed by atoms with Crippen LogP contribution >= 0.6 is 11.6 Å². The minimum atomic E-state index is -0.730. The van der Waals surface area contributed by atoms with Gasteiger partial charge in [-0.2, -0.15) is 0 Å². The van der Waals surface area contributed by atoms with Crippen LogP contribution in [0.15, 0.2) is 30.6 Å². The molecule has 0 spiro atoms. The van der Waals surface area contributed by atoms with Crippen LogP contribution in [-0.2, 0) is 21.4 Å². The quantitative estimate of drug-likeness (QED) is 0.140. The van der Waals surface area contributed by atoms with Gasteiger partial charge >= 0.3 is 0 Å². The number of aryl methyl sites for hydroxylation is 1. The number of anilines is 2. The van der Waals surface area contributed by atoms with E-state index in [-0.39, 0.29) is 48.0 Å². The van der Waals surface area contributed by atoms with Crippen molar-refractivity contribution in [3.63, 3.8) is 0 Å². The van der Waals surface area contributed by atoms with E-state index in [9.17, 15) is 9.59 Å². The molecule has 4 N–H and O–H groups in total. The topological polar surface area (TPSA) is 127 Å². The number of aromatic nitrogens is 2. The van der Waals surface area contributed by atoms with Crippen molar-refractivity contribution in [2.75, 3.05) is 25.1 Å². The van der Waals surface area contributed by atoms with Gasteiger partial charge in [-0.05, 0) is 24.6 Å². The molecule has 0 saturated heterocycles. The molecule has 0 fully saturated rings. The lowest BCUT2D eigenvalue weighted by Gasteiger charge is -2.15. The van der Waals surface area contributed by atoms with Crippen LogP contribution in [0.1, 0.15) is 23.2 Å². The molecule has 13 heteroatoms. The lowest BCUT2D eigenvalue weighted by molar-refractivity contribution is -0.129. The molecule has 0 aliphatic rings. The molecule has 2 aromatic carbocycles. The summed E-state index contributed by atoms with van der Waals surface area (Å²) in [5, 5.41) is 11.5. The van der Waals surface area contributed by atoms with Gasteiger partial charge in [0.15, 0.2) is 5.82 Å². The van der Waals surface area contributed by atoms with E-state index in [4.69, 9.17) is 34.2 Å². The van der Waals surface area contributed by atoms with Crippen molar-refractivity contribution >= 4 is 59.1 Å². The number of ether oxygens (including phenoxy) is 1. The van der Waals surface area contributed by atoms with Crippen LogP contribution in [0.25, 0.3) is 11.0 Å². The Bertz CT molecular complexity index is 1190. The van der Waals surface area contributed by atoms with Crippen molar-refractivity contribution in [1.82, 2.24) is 20.5 Å². The predicted octanol–water partition coefficient (Wildman–Crippen LogP) is 1.87. The Hall–Kier alpha value is -3.19. The van der Waals surface area contributed by atoms with Gasteiger partial charge in [-0.3, -0.25) is 19.6 Å². The average Bonchev–Trinajstić information content (AvgIpc) is 3.19. The molecule has 0 unspecified atom stereocenters. The van der Waals surface area contributed by atoms with Crippen LogP contribution < -0.4 is 21.7 Å². The van der Waals surface area contributed by atoms with E-state index in [1.165, 1.54) is 23.9 Å². The smallest absolute Gasteiger partial charge is 0.277 e. The second-order valence-corrected chi connectivity index (χ2v) is 7.64. The van der Waals surface area contributed by atoms with E-state index in [2.05, 4.69) is 15.8 Å². The summed E-state index contributed by atoms with van der Waals surface area (Å²) in [5.41, 5.74) is 4.91. The monoisotopic (exact) mass is 489 g/mol. The van der Waals surface area contributed by atoms with E-state index >= 15 is 4.39 Å². The Balaban J connectivity index is 1.69. The van der Waals surface area contributed by atoms with Gasteiger partial charge in [0.2, 0.25) is 5.91 Å². The Morgan fingerprint density at radius 1 is 1.26 bits per heavy atom. The first-order valence-electron chi connectivity index (χ1n) is 10.2. The summed E-state index contributed by atoms with van der Waals surface area (Å²) < 4.78 is 22.2. The molecular formula is C21H22BClFN5O5. The zero-order chi connectivity index (χ0) is 24.7. The Morgan fingerprint density at radius 3 is 2.79 bits per heavy atom. The second kappa shape index (κ2) is 11.8. The number of amides is 2. The van der Waals surface area contributed by atoms with Crippen molar-refractivity contribution in [3.05, 3.63) is 47.0 Å². The fourth-order valence-electron chi connectivity index (χ4n) is 3.06. The maximum atomic E-state index is 15.4. The zero-order valence-corrected chi connectivity index (χ0v) is 19.0. The number of fused-ring (bicyclic) bond motifs is 1. The maximum absolute atomic E-state index is 15.4. The molecule has 34 heavy (non-hydrogen) atoms. The number of imidazole rings is 1. The Morgan fingerprint density at radius 2 is 2.06 bits per heavy atom. The van der Waals surface area contributed by atoms with E-state index in [1.807, 2.05) is 0 Å². The van der Waals surface area contributed by atoms with Gasteiger partial charge in [0.05, 0.1) is 47.0 Å². The number of benzene rings is 2. The van der Waals surface area contributed by atoms with Crippen molar-refractivity contribution in [2.45, 2.75) is 12.8 Å². The predicted molar refractivity (Wildman–Crippen MR) is 124 cm³/mol. The first-order valence-corrected chi connectivity index (χ1v) is 10.6. The number of rotatable bonds is 11. The number of halogens is 2. The molecule has 2 amide bonds. The highest BCUT2D eigenvalue weighted by Gasteiger charge is 2.22. The van der Waals surface area contributed by atoms with Crippen LogP contribution in [0.2, 0.25) is 5.02 Å². The Kier molecular flexibility index (Phi) is 8.82. The summed E-state index contributed by atoms with van der Waals surface area (Å²) in [6.45, 7) is 0.423. The number of carbonyl (C=O) groups is 2. The molecule has 2 radical (unpaired) electrons. The van der Waals surface area contributed by atoms with Gasteiger partial charge in [-0.25, -0.2) is 20.3 Å². The van der Waals surface area contributed by atoms with Crippen LogP contribution in [0.5, 0.6) is 0 Å². The summed E-state index contributed by atoms with van der Waals surface area (Å²) in [7, 11) is 7.39. The average molecular weight is 490 g/mol. The normalized spacial score (nSPS) is 10.9. The van der Waals surface area contributed by atoms with Gasteiger partial charge in [0.1, 0.15) is 13.4 Å². The first kappa shape index (κ1) is 25.4. The molecule has 10 nitrogen and oxygen atoms in total. The van der Waals surface area contributed by atoms with Gasteiger partial charge in [-0.1, -0.05) is 23.1 Å². The van der Waals surface area contributed by atoms with Crippen molar-refractivity contribution < 1.29 is 28.8 Å². The number of hydrogen-bond donors (Lipinski definition) is 4. The van der Waals surface area contributed by atoms with Crippen molar-refractivity contribution in [2.24, 2.45) is 7.05 Å². The molecule has 0 bridgehead atoms. The van der Waals surface area contributed by atoms with Gasteiger partial charge < -0.3 is 14.6 Å². The number of carbonyl (C=O) groups excluding carboxylic acids is 2. The van der Waals surface area contributed by atoms with Crippen LogP contribution in [0.4, 0.5) is 15.8 Å². The van der Waals surface area contributed by atoms with Crippen LogP contribution in [0, 0.1) is 5.82 Å². The molecule has 0 aliphatic carbocycles. The second-order valence-electron chi connectivity index (χ2n) is 7.23. The number of nitrogens with zero attached hydrogens (tertiary/aromatic N) is 2. The third kappa shape index (κ3) is 6.23. The highest BCUT2D eigenvalue weighted by Crippen LogP contribution is 2.32. The van der Waals surface area contributed by atoms with E-state index in [0.29, 0.717) is 23.1 Å². The molecule has 3 aromatic rings. The summed E-state index contributed by atoms with van der Waals surface area (Å²) in [5.74, 6) is -1.93. The largest absolute Gasteiger partial charge is 0.379 e. The van der Waals surface area contributed by atoms with Crippen molar-refractivity contribution in [3.8, 4) is 0 Å². The van der Waals surface area contributed by atoms with E-state index in [0.717, 1.165) is 0 Å². The SMILES string of the molecule is [B]c1ccc(Nc2c(C(=O)NOCCOCCCC(=O)NO)cc3c(ncn3C)c2F)c(Cl)c1. The Labute approximate surface area is 200 Å². The zero-order valence-electron chi connectivity index (χ0n) is 18.2. The number of hydrogen-bond acceptors (Lipinski definition) is 7. The molecule has 0 atom stereocenters.